The second-order valence-electron chi connectivity index (χ2n) is 6.77. The summed E-state index contributed by atoms with van der Waals surface area (Å²) in [4.78, 5) is 12.6. The molecule has 1 atom stereocenters. The van der Waals surface area contributed by atoms with E-state index < -0.39 is 0 Å². The van der Waals surface area contributed by atoms with Crippen molar-refractivity contribution < 1.29 is 9.90 Å². The number of rotatable bonds is 4. The van der Waals surface area contributed by atoms with Crippen LogP contribution in [0, 0.1) is 0 Å². The lowest BCUT2D eigenvalue weighted by molar-refractivity contribution is 0.0949. The van der Waals surface area contributed by atoms with Gasteiger partial charge in [-0.3, -0.25) is 4.79 Å². The average molecular weight is 358 g/mol. The Morgan fingerprint density at radius 2 is 1.67 bits per heavy atom. The fourth-order valence-corrected chi connectivity index (χ4v) is 3.66. The van der Waals surface area contributed by atoms with E-state index in [4.69, 9.17) is 0 Å². The van der Waals surface area contributed by atoms with E-state index in [1.165, 1.54) is 16.7 Å². The van der Waals surface area contributed by atoms with Gasteiger partial charge in [-0.15, -0.1) is 0 Å². The number of anilines is 1. The maximum absolute atomic E-state index is 12.6. The Kier molecular flexibility index (Phi) is 4.90. The van der Waals surface area contributed by atoms with Crippen molar-refractivity contribution >= 4 is 11.6 Å². The predicted molar refractivity (Wildman–Crippen MR) is 108 cm³/mol. The summed E-state index contributed by atoms with van der Waals surface area (Å²) in [5.74, 6) is -0.160. The number of benzene rings is 3. The largest absolute Gasteiger partial charge is 0.392 e. The highest BCUT2D eigenvalue weighted by Gasteiger charge is 2.21. The first-order valence-corrected chi connectivity index (χ1v) is 9.17. The minimum Gasteiger partial charge on any atom is -0.392 e. The van der Waals surface area contributed by atoms with Crippen molar-refractivity contribution in [1.82, 2.24) is 5.32 Å². The van der Waals surface area contributed by atoms with Gasteiger partial charge in [0.15, 0.2) is 0 Å². The molecule has 0 radical (unpaired) electrons. The molecule has 0 aliphatic carbocycles. The van der Waals surface area contributed by atoms with E-state index in [1.54, 1.807) is 12.1 Å². The number of hydrogen-bond acceptors (Lipinski definition) is 3. The fourth-order valence-electron chi connectivity index (χ4n) is 3.66. The Morgan fingerprint density at radius 1 is 0.963 bits per heavy atom. The molecule has 1 heterocycles. The van der Waals surface area contributed by atoms with Crippen LogP contribution in [0.1, 0.15) is 21.5 Å². The van der Waals surface area contributed by atoms with Crippen molar-refractivity contribution in [2.75, 3.05) is 11.9 Å². The number of aliphatic hydroxyl groups excluding tert-OH is 1. The van der Waals surface area contributed by atoms with Crippen LogP contribution in [-0.4, -0.2) is 23.6 Å². The lowest BCUT2D eigenvalue weighted by Gasteiger charge is -2.19. The second-order valence-corrected chi connectivity index (χ2v) is 6.77. The Morgan fingerprint density at radius 3 is 2.52 bits per heavy atom. The highest BCUT2D eigenvalue weighted by Crippen LogP contribution is 2.34. The first-order valence-electron chi connectivity index (χ1n) is 9.17. The molecular formula is C23H22N2O2. The molecule has 0 spiro atoms. The number of amides is 1. The van der Waals surface area contributed by atoms with Crippen LogP contribution in [0.15, 0.2) is 72.8 Å². The van der Waals surface area contributed by atoms with Gasteiger partial charge in [0.1, 0.15) is 0 Å². The summed E-state index contributed by atoms with van der Waals surface area (Å²) in [7, 11) is 0. The molecule has 0 fully saturated rings. The summed E-state index contributed by atoms with van der Waals surface area (Å²) in [6.07, 6.45) is 0.826. The highest BCUT2D eigenvalue weighted by atomic mass is 16.3. The van der Waals surface area contributed by atoms with Gasteiger partial charge in [0.2, 0.25) is 0 Å². The van der Waals surface area contributed by atoms with Gasteiger partial charge in [-0.25, -0.2) is 0 Å². The number of nitrogens with one attached hydrogen (secondary N) is 2. The van der Waals surface area contributed by atoms with Gasteiger partial charge in [0.05, 0.1) is 6.61 Å². The first-order chi connectivity index (χ1) is 13.3. The van der Waals surface area contributed by atoms with Gasteiger partial charge >= 0.3 is 0 Å². The maximum Gasteiger partial charge on any atom is 0.251 e. The lowest BCUT2D eigenvalue weighted by Crippen LogP contribution is -2.37. The average Bonchev–Trinajstić information content (AvgIpc) is 2.88. The van der Waals surface area contributed by atoms with E-state index in [-0.39, 0.29) is 18.6 Å². The van der Waals surface area contributed by atoms with E-state index in [9.17, 15) is 9.90 Å². The molecule has 4 heteroatoms. The van der Waals surface area contributed by atoms with Crippen LogP contribution in [0.3, 0.4) is 0 Å². The number of carbonyl (C=O) groups excluding carboxylic acids is 1. The van der Waals surface area contributed by atoms with Crippen LogP contribution in [0.4, 0.5) is 5.69 Å². The minimum absolute atomic E-state index is 0.0834. The molecule has 0 saturated carbocycles. The molecule has 27 heavy (non-hydrogen) atoms. The minimum atomic E-state index is -0.160. The summed E-state index contributed by atoms with van der Waals surface area (Å²) >= 11 is 0. The molecule has 1 aliphatic heterocycles. The molecule has 4 rings (SSSR count). The van der Waals surface area contributed by atoms with Gasteiger partial charge in [-0.1, -0.05) is 60.7 Å². The van der Waals surface area contributed by atoms with Gasteiger partial charge < -0.3 is 15.7 Å². The number of para-hydroxylation sites is 1. The van der Waals surface area contributed by atoms with Crippen molar-refractivity contribution in [3.8, 4) is 11.1 Å². The number of carbonyl (C=O) groups is 1. The smallest absolute Gasteiger partial charge is 0.251 e. The van der Waals surface area contributed by atoms with Gasteiger partial charge in [0.25, 0.3) is 5.91 Å². The van der Waals surface area contributed by atoms with Crippen LogP contribution in [0.25, 0.3) is 11.1 Å². The van der Waals surface area contributed by atoms with E-state index in [0.29, 0.717) is 17.7 Å². The van der Waals surface area contributed by atoms with E-state index in [0.717, 1.165) is 12.1 Å². The van der Waals surface area contributed by atoms with E-state index >= 15 is 0 Å². The quantitative estimate of drug-likeness (QED) is 0.668. The monoisotopic (exact) mass is 358 g/mol. The SMILES string of the molecule is O=C(NCC1Cc2ccccc2-c2ccccc2N1)c1ccccc1CO. The topological polar surface area (TPSA) is 61.4 Å². The maximum atomic E-state index is 12.6. The summed E-state index contributed by atoms with van der Waals surface area (Å²) in [5.41, 5.74) is 5.93. The standard InChI is InChI=1S/C23H22N2O2/c26-15-17-8-2-4-10-20(17)23(27)24-14-18-13-16-7-1-3-9-19(16)21-11-5-6-12-22(21)25-18/h1-12,18,25-26H,13-15H2,(H,24,27). The molecule has 136 valence electrons. The van der Waals surface area contributed by atoms with Crippen LogP contribution in [0.5, 0.6) is 0 Å². The van der Waals surface area contributed by atoms with Crippen molar-refractivity contribution in [1.29, 1.82) is 0 Å². The highest BCUT2D eigenvalue weighted by molar-refractivity contribution is 5.95. The third-order valence-corrected chi connectivity index (χ3v) is 5.00. The van der Waals surface area contributed by atoms with Crippen molar-refractivity contribution in [3.05, 3.63) is 89.5 Å². The normalized spacial score (nSPS) is 15.1. The van der Waals surface area contributed by atoms with Crippen LogP contribution >= 0.6 is 0 Å². The van der Waals surface area contributed by atoms with Crippen LogP contribution in [0.2, 0.25) is 0 Å². The molecule has 0 aromatic heterocycles. The van der Waals surface area contributed by atoms with Crippen LogP contribution in [-0.2, 0) is 13.0 Å². The van der Waals surface area contributed by atoms with Gasteiger partial charge in [-0.2, -0.15) is 0 Å². The number of hydrogen-bond donors (Lipinski definition) is 3. The third kappa shape index (κ3) is 3.57. The molecule has 1 amide bonds. The van der Waals surface area contributed by atoms with Crippen molar-refractivity contribution in [2.45, 2.75) is 19.1 Å². The Hall–Kier alpha value is -3.11. The molecule has 3 aromatic carbocycles. The number of aliphatic hydroxyl groups is 1. The molecule has 0 bridgehead atoms. The molecule has 3 aromatic rings. The first kappa shape index (κ1) is 17.3. The Balaban J connectivity index is 1.55. The van der Waals surface area contributed by atoms with Crippen molar-refractivity contribution in [3.63, 3.8) is 0 Å². The van der Waals surface area contributed by atoms with E-state index in [2.05, 4.69) is 47.0 Å². The molecular weight excluding hydrogens is 336 g/mol. The molecule has 1 aliphatic rings. The zero-order valence-electron chi connectivity index (χ0n) is 15.0. The van der Waals surface area contributed by atoms with Crippen molar-refractivity contribution in [2.24, 2.45) is 0 Å². The van der Waals surface area contributed by atoms with E-state index in [1.807, 2.05) is 24.3 Å². The summed E-state index contributed by atoms with van der Waals surface area (Å²) in [6.45, 7) is 0.354. The molecule has 3 N–H and O–H groups in total. The van der Waals surface area contributed by atoms with Gasteiger partial charge in [-0.05, 0) is 35.2 Å². The summed E-state index contributed by atoms with van der Waals surface area (Å²) < 4.78 is 0. The zero-order valence-corrected chi connectivity index (χ0v) is 15.0. The van der Waals surface area contributed by atoms with Gasteiger partial charge in [0, 0.05) is 29.4 Å². The zero-order chi connectivity index (χ0) is 18.6. The fraction of sp³-hybridized carbons (Fsp3) is 0.174. The third-order valence-electron chi connectivity index (χ3n) is 5.00. The summed E-state index contributed by atoms with van der Waals surface area (Å²) in [6, 6.07) is 23.9. The predicted octanol–water partition coefficient (Wildman–Crippen LogP) is 3.61. The number of fused-ring (bicyclic) bond motifs is 3. The molecule has 1 unspecified atom stereocenters. The summed E-state index contributed by atoms with van der Waals surface area (Å²) in [5, 5.41) is 16.0. The van der Waals surface area contributed by atoms with Crippen LogP contribution < -0.4 is 10.6 Å². The molecule has 4 nitrogen and oxygen atoms in total. The lowest BCUT2D eigenvalue weighted by atomic mass is 9.97. The second kappa shape index (κ2) is 7.64. The Bertz CT molecular complexity index is 920. The Labute approximate surface area is 158 Å². The molecule has 0 saturated heterocycles.